The number of benzene rings is 2. The van der Waals surface area contributed by atoms with E-state index in [0.29, 0.717) is 30.7 Å². The molecule has 1 saturated carbocycles. The van der Waals surface area contributed by atoms with E-state index in [0.717, 1.165) is 22.4 Å². The first-order valence-corrected chi connectivity index (χ1v) is 17.4. The van der Waals surface area contributed by atoms with Gasteiger partial charge in [-0.1, -0.05) is 74.4 Å². The Morgan fingerprint density at radius 3 is 2.35 bits per heavy atom. The van der Waals surface area contributed by atoms with E-state index in [2.05, 4.69) is 57.4 Å². The lowest BCUT2D eigenvalue weighted by Crippen LogP contribution is -2.53. The molecule has 0 amide bonds. The number of rotatable bonds is 9. The molecule has 2 aliphatic carbocycles. The first-order valence-electron chi connectivity index (χ1n) is 14.1. The minimum atomic E-state index is -2.49. The minimum Gasteiger partial charge on any atom is -0.467 e. The molecule has 0 aliphatic heterocycles. The van der Waals surface area contributed by atoms with Crippen molar-refractivity contribution in [2.24, 2.45) is 5.92 Å². The fourth-order valence-corrected chi connectivity index (χ4v) is 7.21. The molecule has 0 saturated heterocycles. The van der Waals surface area contributed by atoms with Crippen molar-refractivity contribution < 1.29 is 22.7 Å². The molecule has 40 heavy (non-hydrogen) atoms. The number of hydrogen-bond donors (Lipinski definition) is 1. The maximum atomic E-state index is 14.5. The highest BCUT2D eigenvalue weighted by Gasteiger charge is 2.52. The van der Waals surface area contributed by atoms with Gasteiger partial charge < -0.3 is 14.5 Å². The standard InChI is InChI=1S/C32H42ClF2NO3Si/c1-30(2,3)40(5,6)39-21-23(28(34)35)19-24-18-22-10-7-8-13-27(22)31(24)14-16-32(17-15-31,29(37)38-4)36-26-12-9-11-25(33)20-26/h7-13,18,20,23,28,36H,14-17,19,21H2,1-6H3. The molecule has 0 heterocycles. The molecule has 1 unspecified atom stereocenters. The van der Waals surface area contributed by atoms with Crippen molar-refractivity contribution in [2.75, 3.05) is 19.0 Å². The molecular weight excluding hydrogens is 548 g/mol. The van der Waals surface area contributed by atoms with E-state index in [1.165, 1.54) is 7.11 Å². The van der Waals surface area contributed by atoms with Gasteiger partial charge in [-0.05, 0) is 79.6 Å². The molecule has 2 aromatic carbocycles. The summed E-state index contributed by atoms with van der Waals surface area (Å²) in [7, 11) is -0.777. The molecular formula is C32H42ClF2NO3Si. The highest BCUT2D eigenvalue weighted by molar-refractivity contribution is 6.74. The first kappa shape index (κ1) is 30.7. The number of carbonyl (C=O) groups is 1. The Balaban J connectivity index is 1.61. The van der Waals surface area contributed by atoms with Crippen molar-refractivity contribution >= 4 is 37.7 Å². The van der Waals surface area contributed by atoms with Crippen LogP contribution in [0.2, 0.25) is 23.2 Å². The molecule has 2 aliphatic rings. The molecule has 4 rings (SSSR count). The highest BCUT2D eigenvalue weighted by atomic mass is 35.5. The summed E-state index contributed by atoms with van der Waals surface area (Å²) in [6, 6.07) is 15.5. The molecule has 2 aromatic rings. The Labute approximate surface area is 243 Å². The largest absolute Gasteiger partial charge is 0.467 e. The lowest BCUT2D eigenvalue weighted by atomic mass is 9.61. The van der Waals surface area contributed by atoms with Gasteiger partial charge in [0.25, 0.3) is 0 Å². The number of nitrogens with one attached hydrogen (secondary N) is 1. The predicted molar refractivity (Wildman–Crippen MR) is 162 cm³/mol. The van der Waals surface area contributed by atoms with E-state index in [-0.39, 0.29) is 24.0 Å². The first-order chi connectivity index (χ1) is 18.7. The Bertz CT molecular complexity index is 1250. The van der Waals surface area contributed by atoms with Gasteiger partial charge in [-0.15, -0.1) is 0 Å². The van der Waals surface area contributed by atoms with Gasteiger partial charge in [0, 0.05) is 28.6 Å². The molecule has 0 aromatic heterocycles. The summed E-state index contributed by atoms with van der Waals surface area (Å²) in [5, 5.41) is 3.95. The fraction of sp³-hybridized carbons (Fsp3) is 0.531. The van der Waals surface area contributed by atoms with Crippen molar-refractivity contribution in [3.63, 3.8) is 0 Å². The fourth-order valence-electron chi connectivity index (χ4n) is 5.96. The van der Waals surface area contributed by atoms with E-state index >= 15 is 0 Å². The molecule has 1 atom stereocenters. The molecule has 1 N–H and O–H groups in total. The summed E-state index contributed by atoms with van der Waals surface area (Å²) in [6.45, 7) is 10.6. The summed E-state index contributed by atoms with van der Waals surface area (Å²) < 4.78 is 40.5. The number of esters is 1. The van der Waals surface area contributed by atoms with Gasteiger partial charge in [0.15, 0.2) is 8.32 Å². The van der Waals surface area contributed by atoms with Gasteiger partial charge in [0.05, 0.1) is 7.11 Å². The highest BCUT2D eigenvalue weighted by Crippen LogP contribution is 2.55. The average Bonchev–Trinajstić information content (AvgIpc) is 3.19. The zero-order valence-electron chi connectivity index (χ0n) is 24.5. The van der Waals surface area contributed by atoms with Crippen LogP contribution in [-0.2, 0) is 19.4 Å². The second kappa shape index (κ2) is 11.6. The number of fused-ring (bicyclic) bond motifs is 2. The number of alkyl halides is 2. The molecule has 0 bridgehead atoms. The number of methoxy groups -OCH3 is 1. The van der Waals surface area contributed by atoms with Crippen LogP contribution in [-0.4, -0.2) is 40.0 Å². The zero-order chi connectivity index (χ0) is 29.3. The Hall–Kier alpha value is -2.22. The van der Waals surface area contributed by atoms with E-state index in [9.17, 15) is 13.6 Å². The van der Waals surface area contributed by atoms with Crippen LogP contribution in [0.25, 0.3) is 6.08 Å². The summed E-state index contributed by atoms with van der Waals surface area (Å²) >= 11 is 6.22. The third kappa shape index (κ3) is 6.02. The van der Waals surface area contributed by atoms with Gasteiger partial charge in [0.1, 0.15) is 5.54 Å². The Morgan fingerprint density at radius 2 is 1.75 bits per heavy atom. The van der Waals surface area contributed by atoms with Crippen molar-refractivity contribution in [3.8, 4) is 0 Å². The minimum absolute atomic E-state index is 0.0420. The second-order valence-electron chi connectivity index (χ2n) is 12.9. The molecule has 218 valence electrons. The summed E-state index contributed by atoms with van der Waals surface area (Å²) in [6.07, 6.45) is 2.14. The number of ether oxygens (including phenoxy) is 1. The number of allylic oxidation sites excluding steroid dienone is 1. The smallest absolute Gasteiger partial charge is 0.331 e. The van der Waals surface area contributed by atoms with Gasteiger partial charge in [-0.2, -0.15) is 0 Å². The second-order valence-corrected chi connectivity index (χ2v) is 18.2. The molecule has 1 spiro atoms. The molecule has 1 fully saturated rings. The van der Waals surface area contributed by atoms with Crippen molar-refractivity contribution in [1.82, 2.24) is 0 Å². The number of carbonyl (C=O) groups excluding carboxylic acids is 1. The average molecular weight is 590 g/mol. The van der Waals surface area contributed by atoms with Crippen molar-refractivity contribution in [1.29, 1.82) is 0 Å². The number of hydrogen-bond acceptors (Lipinski definition) is 4. The third-order valence-electron chi connectivity index (χ3n) is 9.47. The topological polar surface area (TPSA) is 47.6 Å². The Morgan fingerprint density at radius 1 is 1.07 bits per heavy atom. The lowest BCUT2D eigenvalue weighted by molar-refractivity contribution is -0.147. The molecule has 4 nitrogen and oxygen atoms in total. The Kier molecular flexibility index (Phi) is 8.89. The van der Waals surface area contributed by atoms with Crippen LogP contribution in [0.1, 0.15) is 64.0 Å². The van der Waals surface area contributed by atoms with E-state index < -0.39 is 31.6 Å². The normalized spacial score (nSPS) is 23.6. The van der Waals surface area contributed by atoms with Crippen molar-refractivity contribution in [3.05, 3.63) is 70.3 Å². The predicted octanol–water partition coefficient (Wildman–Crippen LogP) is 8.87. The van der Waals surface area contributed by atoms with Crippen LogP contribution in [0.3, 0.4) is 0 Å². The van der Waals surface area contributed by atoms with Gasteiger partial charge in [0.2, 0.25) is 6.43 Å². The van der Waals surface area contributed by atoms with Crippen LogP contribution in [0, 0.1) is 5.92 Å². The van der Waals surface area contributed by atoms with E-state index in [4.69, 9.17) is 20.8 Å². The molecule has 0 radical (unpaired) electrons. The van der Waals surface area contributed by atoms with Crippen LogP contribution >= 0.6 is 11.6 Å². The molecule has 8 heteroatoms. The van der Waals surface area contributed by atoms with Gasteiger partial charge in [-0.3, -0.25) is 0 Å². The number of halogens is 3. The van der Waals surface area contributed by atoms with E-state index in [1.54, 1.807) is 12.1 Å². The quantitative estimate of drug-likeness (QED) is 0.234. The summed E-state index contributed by atoms with van der Waals surface area (Å²) in [5.41, 5.74) is 2.65. The van der Waals surface area contributed by atoms with Crippen LogP contribution in [0.15, 0.2) is 54.1 Å². The lowest BCUT2D eigenvalue weighted by Gasteiger charge is -2.46. The van der Waals surface area contributed by atoms with Crippen LogP contribution < -0.4 is 5.32 Å². The monoisotopic (exact) mass is 589 g/mol. The number of anilines is 1. The maximum Gasteiger partial charge on any atom is 0.331 e. The maximum absolute atomic E-state index is 14.5. The summed E-state index contributed by atoms with van der Waals surface area (Å²) in [4.78, 5) is 13.2. The van der Waals surface area contributed by atoms with Crippen LogP contribution in [0.5, 0.6) is 0 Å². The third-order valence-corrected chi connectivity index (χ3v) is 14.2. The van der Waals surface area contributed by atoms with Crippen molar-refractivity contribution in [2.45, 2.75) is 88.4 Å². The van der Waals surface area contributed by atoms with Gasteiger partial charge in [-0.25, -0.2) is 13.6 Å². The zero-order valence-corrected chi connectivity index (χ0v) is 26.2. The van der Waals surface area contributed by atoms with E-state index in [1.807, 2.05) is 24.3 Å². The summed E-state index contributed by atoms with van der Waals surface area (Å²) in [5.74, 6) is -1.23. The SMILES string of the molecule is COC(=O)C1(Nc2cccc(Cl)c2)CCC2(CC1)C(CC(CO[Si](C)(C)C(C)(C)C)C(F)F)=Cc1ccccc12. The van der Waals surface area contributed by atoms with Crippen LogP contribution in [0.4, 0.5) is 14.5 Å². The van der Waals surface area contributed by atoms with Gasteiger partial charge >= 0.3 is 5.97 Å².